The van der Waals surface area contributed by atoms with Gasteiger partial charge in [0.05, 0.1) is 25.8 Å². The van der Waals surface area contributed by atoms with E-state index in [4.69, 9.17) is 9.47 Å². The number of methoxy groups -OCH3 is 2. The van der Waals surface area contributed by atoms with E-state index in [2.05, 4.69) is 17.2 Å². The molecule has 0 bridgehead atoms. The van der Waals surface area contributed by atoms with Gasteiger partial charge in [-0.2, -0.15) is 0 Å². The van der Waals surface area contributed by atoms with Gasteiger partial charge in [-0.25, -0.2) is 4.98 Å². The molecule has 0 spiro atoms. The first kappa shape index (κ1) is 13.7. The van der Waals surface area contributed by atoms with Crippen molar-refractivity contribution in [3.63, 3.8) is 0 Å². The quantitative estimate of drug-likeness (QED) is 0.880. The van der Waals surface area contributed by atoms with Crippen LogP contribution in [-0.4, -0.2) is 19.2 Å². The molecular weight excluding hydrogens is 260 g/mol. The third-order valence-corrected chi connectivity index (χ3v) is 3.86. The van der Waals surface area contributed by atoms with E-state index in [1.165, 1.54) is 9.88 Å². The van der Waals surface area contributed by atoms with Crippen molar-refractivity contribution < 1.29 is 9.47 Å². The van der Waals surface area contributed by atoms with Crippen molar-refractivity contribution in [2.24, 2.45) is 0 Å². The highest BCUT2D eigenvalue weighted by atomic mass is 32.1. The first-order valence-corrected chi connectivity index (χ1v) is 6.97. The Balaban J connectivity index is 2.05. The molecule has 0 saturated heterocycles. The smallest absolute Gasteiger partial charge is 0.124 e. The molecule has 4 nitrogen and oxygen atoms in total. The van der Waals surface area contributed by atoms with Crippen LogP contribution in [0.5, 0.6) is 11.5 Å². The number of ether oxygens (including phenoxy) is 2. The lowest BCUT2D eigenvalue weighted by molar-refractivity contribution is 0.394. The number of thiazole rings is 1. The molecule has 0 atom stereocenters. The lowest BCUT2D eigenvalue weighted by Gasteiger charge is -2.09. The zero-order valence-electron chi connectivity index (χ0n) is 11.4. The zero-order valence-corrected chi connectivity index (χ0v) is 12.2. The second kappa shape index (κ2) is 6.43. The van der Waals surface area contributed by atoms with Gasteiger partial charge in [0.2, 0.25) is 0 Å². The fourth-order valence-electron chi connectivity index (χ4n) is 1.69. The molecule has 1 heterocycles. The molecule has 1 aromatic carbocycles. The molecule has 0 saturated carbocycles. The maximum atomic E-state index is 5.24. The van der Waals surface area contributed by atoms with Crippen molar-refractivity contribution in [1.82, 2.24) is 4.98 Å². The van der Waals surface area contributed by atoms with Gasteiger partial charge in [0.15, 0.2) is 0 Å². The van der Waals surface area contributed by atoms with Gasteiger partial charge >= 0.3 is 0 Å². The maximum absolute atomic E-state index is 5.24. The monoisotopic (exact) mass is 278 g/mol. The maximum Gasteiger partial charge on any atom is 0.124 e. The van der Waals surface area contributed by atoms with Gasteiger partial charge in [-0.3, -0.25) is 0 Å². The molecule has 102 valence electrons. The number of nitrogens with zero attached hydrogens (tertiary/aromatic N) is 1. The molecule has 2 rings (SSSR count). The van der Waals surface area contributed by atoms with Gasteiger partial charge < -0.3 is 14.8 Å². The fraction of sp³-hybridized carbons (Fsp3) is 0.357. The van der Waals surface area contributed by atoms with Crippen LogP contribution in [0, 0.1) is 0 Å². The molecule has 0 fully saturated rings. The summed E-state index contributed by atoms with van der Waals surface area (Å²) in [6.45, 7) is 2.87. The Bertz CT molecular complexity index is 518. The lowest BCUT2D eigenvalue weighted by atomic mass is 10.2. The summed E-state index contributed by atoms with van der Waals surface area (Å²) in [6, 6.07) is 5.75. The van der Waals surface area contributed by atoms with Crippen LogP contribution in [0.1, 0.15) is 16.8 Å². The summed E-state index contributed by atoms with van der Waals surface area (Å²) in [5.74, 6) is 1.56. The Hall–Kier alpha value is -1.75. The predicted molar refractivity (Wildman–Crippen MR) is 78.4 cm³/mol. The van der Waals surface area contributed by atoms with Gasteiger partial charge in [-0.1, -0.05) is 6.92 Å². The van der Waals surface area contributed by atoms with Gasteiger partial charge in [0, 0.05) is 35.0 Å². The first-order chi connectivity index (χ1) is 9.25. The van der Waals surface area contributed by atoms with Gasteiger partial charge in [-0.05, 0) is 6.42 Å². The first-order valence-electron chi connectivity index (χ1n) is 6.15. The predicted octanol–water partition coefficient (Wildman–Crippen LogP) is 3.33. The lowest BCUT2D eigenvalue weighted by Crippen LogP contribution is -1.98. The Morgan fingerprint density at radius 3 is 2.37 bits per heavy atom. The molecule has 19 heavy (non-hydrogen) atoms. The van der Waals surface area contributed by atoms with Crippen molar-refractivity contribution in [2.75, 3.05) is 19.5 Å². The minimum Gasteiger partial charge on any atom is -0.497 e. The van der Waals surface area contributed by atoms with Crippen LogP contribution in [0.4, 0.5) is 5.69 Å². The number of rotatable bonds is 6. The third-order valence-electron chi connectivity index (χ3n) is 2.72. The Morgan fingerprint density at radius 2 is 1.84 bits per heavy atom. The van der Waals surface area contributed by atoms with E-state index in [1.807, 2.05) is 24.4 Å². The second-order valence-corrected chi connectivity index (χ2v) is 5.23. The van der Waals surface area contributed by atoms with E-state index in [9.17, 15) is 0 Å². The van der Waals surface area contributed by atoms with E-state index in [-0.39, 0.29) is 0 Å². The van der Waals surface area contributed by atoms with Crippen molar-refractivity contribution in [2.45, 2.75) is 19.9 Å². The van der Waals surface area contributed by atoms with Gasteiger partial charge in [0.1, 0.15) is 11.5 Å². The number of aryl methyl sites for hydroxylation is 1. The highest BCUT2D eigenvalue weighted by molar-refractivity contribution is 7.11. The summed E-state index contributed by atoms with van der Waals surface area (Å²) in [4.78, 5) is 5.56. The molecule has 0 unspecified atom stereocenters. The van der Waals surface area contributed by atoms with E-state index < -0.39 is 0 Å². The van der Waals surface area contributed by atoms with Crippen molar-refractivity contribution in [3.8, 4) is 11.5 Å². The van der Waals surface area contributed by atoms with Crippen LogP contribution in [0.3, 0.4) is 0 Å². The minimum absolute atomic E-state index is 0.758. The number of nitrogens with one attached hydrogen (secondary N) is 1. The summed E-state index contributed by atoms with van der Waals surface area (Å²) in [7, 11) is 3.30. The summed E-state index contributed by atoms with van der Waals surface area (Å²) < 4.78 is 10.5. The molecule has 1 N–H and O–H groups in total. The minimum atomic E-state index is 0.758. The Morgan fingerprint density at radius 1 is 1.16 bits per heavy atom. The van der Waals surface area contributed by atoms with Crippen molar-refractivity contribution in [3.05, 3.63) is 34.3 Å². The number of hydrogen-bond acceptors (Lipinski definition) is 5. The molecule has 0 aliphatic heterocycles. The van der Waals surface area contributed by atoms with E-state index in [0.717, 1.165) is 30.2 Å². The summed E-state index contributed by atoms with van der Waals surface area (Å²) in [6.07, 6.45) is 2.91. The summed E-state index contributed by atoms with van der Waals surface area (Å²) in [5.41, 5.74) is 0.975. The topological polar surface area (TPSA) is 43.4 Å². The molecular formula is C14H18N2O2S. The van der Waals surface area contributed by atoms with Crippen LogP contribution in [0.25, 0.3) is 0 Å². The number of anilines is 1. The SMILES string of the molecule is CCc1ncc(CNc2cc(OC)cc(OC)c2)s1. The molecule has 5 heteroatoms. The molecule has 0 radical (unpaired) electrons. The van der Waals surface area contributed by atoms with Crippen LogP contribution in [0.15, 0.2) is 24.4 Å². The third kappa shape index (κ3) is 3.61. The summed E-state index contributed by atoms with van der Waals surface area (Å²) in [5, 5.41) is 4.52. The molecule has 0 amide bonds. The molecule has 0 aliphatic rings. The van der Waals surface area contributed by atoms with E-state index >= 15 is 0 Å². The zero-order chi connectivity index (χ0) is 13.7. The normalized spacial score (nSPS) is 10.3. The van der Waals surface area contributed by atoms with Gasteiger partial charge in [0.25, 0.3) is 0 Å². The Kier molecular flexibility index (Phi) is 4.63. The molecule has 0 aliphatic carbocycles. The standard InChI is InChI=1S/C14H18N2O2S/c1-4-14-16-9-13(19-14)8-15-10-5-11(17-2)7-12(6-10)18-3/h5-7,9,15H,4,8H2,1-3H3. The van der Waals surface area contributed by atoms with Crippen LogP contribution in [-0.2, 0) is 13.0 Å². The molecule has 2 aromatic rings. The van der Waals surface area contributed by atoms with Crippen LogP contribution in [0.2, 0.25) is 0 Å². The van der Waals surface area contributed by atoms with E-state index in [1.54, 1.807) is 25.6 Å². The number of hydrogen-bond donors (Lipinski definition) is 1. The highest BCUT2D eigenvalue weighted by Gasteiger charge is 2.03. The average Bonchev–Trinajstić information content (AvgIpc) is 2.92. The van der Waals surface area contributed by atoms with Crippen LogP contribution < -0.4 is 14.8 Å². The van der Waals surface area contributed by atoms with E-state index in [0.29, 0.717) is 0 Å². The largest absolute Gasteiger partial charge is 0.497 e. The second-order valence-electron chi connectivity index (χ2n) is 4.03. The molecule has 1 aromatic heterocycles. The average molecular weight is 278 g/mol. The van der Waals surface area contributed by atoms with Crippen LogP contribution >= 0.6 is 11.3 Å². The van der Waals surface area contributed by atoms with Crippen molar-refractivity contribution in [1.29, 1.82) is 0 Å². The fourth-order valence-corrected chi connectivity index (χ4v) is 2.49. The highest BCUT2D eigenvalue weighted by Crippen LogP contribution is 2.26. The van der Waals surface area contributed by atoms with Crippen molar-refractivity contribution >= 4 is 17.0 Å². The Labute approximate surface area is 117 Å². The number of aromatic nitrogens is 1. The van der Waals surface area contributed by atoms with Gasteiger partial charge in [-0.15, -0.1) is 11.3 Å². The number of benzene rings is 1. The summed E-state index contributed by atoms with van der Waals surface area (Å²) >= 11 is 1.74.